The Hall–Kier alpha value is -3.70. The Bertz CT molecular complexity index is 1040. The van der Waals surface area contributed by atoms with Crippen LogP contribution in [0.3, 0.4) is 0 Å². The Kier molecular flexibility index (Phi) is 5.11. The molecule has 1 aliphatic carbocycles. The van der Waals surface area contributed by atoms with E-state index in [1.165, 1.54) is 0 Å². The maximum atomic E-state index is 13.2. The van der Waals surface area contributed by atoms with Crippen LogP contribution in [0, 0.1) is 34.0 Å². The lowest BCUT2D eigenvalue weighted by Gasteiger charge is -2.18. The van der Waals surface area contributed by atoms with Gasteiger partial charge >= 0.3 is 5.97 Å². The van der Waals surface area contributed by atoms with Gasteiger partial charge in [0.2, 0.25) is 0 Å². The van der Waals surface area contributed by atoms with E-state index in [2.05, 4.69) is 0 Å². The van der Waals surface area contributed by atoms with Crippen LogP contribution in [0.5, 0.6) is 0 Å². The topological polar surface area (TPSA) is 102 Å². The van der Waals surface area contributed by atoms with E-state index in [0.29, 0.717) is 17.5 Å². The van der Waals surface area contributed by atoms with Gasteiger partial charge in [0.25, 0.3) is 0 Å². The van der Waals surface area contributed by atoms with E-state index in [0.717, 1.165) is 5.56 Å². The number of hydrogen-bond acceptors (Lipinski definition) is 4. The van der Waals surface area contributed by atoms with Crippen LogP contribution in [0.4, 0.5) is 0 Å². The SMILES string of the molecule is CCc1ccccc1C(=O)[C@@H]1C[C@]1(C(=O)O)C(=C(C#N)C#N)c1ccccc1. The minimum Gasteiger partial charge on any atom is -0.481 e. The van der Waals surface area contributed by atoms with Crippen molar-refractivity contribution in [2.45, 2.75) is 19.8 Å². The predicted molar refractivity (Wildman–Crippen MR) is 103 cm³/mol. The summed E-state index contributed by atoms with van der Waals surface area (Å²) in [5.41, 5.74) is 0.110. The molecule has 3 rings (SSSR count). The number of carboxylic acid groups (broad SMARTS) is 1. The number of carbonyl (C=O) groups is 2. The predicted octanol–water partition coefficient (Wildman–Crippen LogP) is 4.02. The van der Waals surface area contributed by atoms with E-state index in [9.17, 15) is 25.2 Å². The van der Waals surface area contributed by atoms with Crippen molar-refractivity contribution < 1.29 is 14.7 Å². The highest BCUT2D eigenvalue weighted by Crippen LogP contribution is 2.63. The third-order valence-corrected chi connectivity index (χ3v) is 5.30. The molecule has 0 radical (unpaired) electrons. The molecule has 138 valence electrons. The van der Waals surface area contributed by atoms with E-state index in [1.807, 2.05) is 31.2 Å². The summed E-state index contributed by atoms with van der Waals surface area (Å²) in [6.45, 7) is 1.93. The first kappa shape index (κ1) is 19.1. The van der Waals surface area contributed by atoms with Gasteiger partial charge in [-0.25, -0.2) is 0 Å². The summed E-state index contributed by atoms with van der Waals surface area (Å²) in [5, 5.41) is 29.0. The second kappa shape index (κ2) is 7.50. The molecule has 0 spiro atoms. The number of ketones is 1. The lowest BCUT2D eigenvalue weighted by Crippen LogP contribution is -2.24. The molecule has 1 aliphatic rings. The van der Waals surface area contributed by atoms with Gasteiger partial charge < -0.3 is 5.11 Å². The molecule has 2 atom stereocenters. The highest BCUT2D eigenvalue weighted by Gasteiger charge is 2.67. The fraction of sp³-hybridized carbons (Fsp3) is 0.217. The monoisotopic (exact) mass is 370 g/mol. The number of nitriles is 2. The number of allylic oxidation sites excluding steroid dienone is 1. The van der Waals surface area contributed by atoms with Crippen LogP contribution in [0.2, 0.25) is 0 Å². The first-order chi connectivity index (χ1) is 13.5. The van der Waals surface area contributed by atoms with Gasteiger partial charge in [0.15, 0.2) is 5.78 Å². The van der Waals surface area contributed by atoms with Crippen LogP contribution in [-0.4, -0.2) is 16.9 Å². The van der Waals surface area contributed by atoms with Gasteiger partial charge in [0.1, 0.15) is 23.1 Å². The fourth-order valence-electron chi connectivity index (χ4n) is 3.82. The zero-order valence-electron chi connectivity index (χ0n) is 15.3. The van der Waals surface area contributed by atoms with Crippen LogP contribution in [0.15, 0.2) is 60.2 Å². The second-order valence-electron chi connectivity index (χ2n) is 6.75. The first-order valence-corrected chi connectivity index (χ1v) is 8.97. The average molecular weight is 370 g/mol. The van der Waals surface area contributed by atoms with Gasteiger partial charge in [-0.1, -0.05) is 61.5 Å². The van der Waals surface area contributed by atoms with Crippen LogP contribution in [0.25, 0.3) is 5.57 Å². The number of Topliss-reactive ketones (excluding diaryl/α,β-unsaturated/α-hetero) is 1. The summed E-state index contributed by atoms with van der Waals surface area (Å²) in [4.78, 5) is 25.5. The molecule has 0 unspecified atom stereocenters. The summed E-state index contributed by atoms with van der Waals surface area (Å²) in [6.07, 6.45) is 0.716. The van der Waals surface area contributed by atoms with Crippen molar-refractivity contribution in [2.24, 2.45) is 11.3 Å². The van der Waals surface area contributed by atoms with Crippen LogP contribution >= 0.6 is 0 Å². The van der Waals surface area contributed by atoms with Gasteiger partial charge in [-0.2, -0.15) is 10.5 Å². The molecule has 2 aromatic rings. The molecule has 0 amide bonds. The normalized spacial score (nSPS) is 19.8. The van der Waals surface area contributed by atoms with Crippen LogP contribution < -0.4 is 0 Å². The molecule has 0 bridgehead atoms. The molecule has 0 aromatic heterocycles. The summed E-state index contributed by atoms with van der Waals surface area (Å²) in [7, 11) is 0. The number of carboxylic acids is 1. The molecular weight excluding hydrogens is 352 g/mol. The largest absolute Gasteiger partial charge is 0.481 e. The first-order valence-electron chi connectivity index (χ1n) is 8.97. The average Bonchev–Trinajstić information content (AvgIpc) is 3.48. The van der Waals surface area contributed by atoms with Crippen molar-refractivity contribution in [1.29, 1.82) is 10.5 Å². The molecule has 0 saturated heterocycles. The van der Waals surface area contributed by atoms with Gasteiger partial charge in [-0.05, 0) is 24.0 Å². The molecule has 5 heteroatoms. The number of nitrogens with zero attached hydrogens (tertiary/aromatic N) is 2. The number of rotatable bonds is 6. The maximum Gasteiger partial charge on any atom is 0.314 e. The maximum absolute atomic E-state index is 13.2. The van der Waals surface area contributed by atoms with Gasteiger partial charge in [-0.3, -0.25) is 9.59 Å². The molecule has 5 nitrogen and oxygen atoms in total. The molecule has 1 fully saturated rings. The Labute approximate surface area is 163 Å². The molecule has 1 N–H and O–H groups in total. The van der Waals surface area contributed by atoms with Crippen molar-refractivity contribution in [2.75, 3.05) is 0 Å². The molecule has 28 heavy (non-hydrogen) atoms. The molecular formula is C23H18N2O3. The molecule has 2 aromatic carbocycles. The van der Waals surface area contributed by atoms with Crippen LogP contribution in [0.1, 0.15) is 34.8 Å². The zero-order chi connectivity index (χ0) is 20.3. The summed E-state index contributed by atoms with van der Waals surface area (Å²) >= 11 is 0. The Morgan fingerprint density at radius 2 is 1.68 bits per heavy atom. The van der Waals surface area contributed by atoms with Crippen molar-refractivity contribution in [3.63, 3.8) is 0 Å². The summed E-state index contributed by atoms with van der Waals surface area (Å²) < 4.78 is 0. The van der Waals surface area contributed by atoms with E-state index in [-0.39, 0.29) is 23.4 Å². The van der Waals surface area contributed by atoms with E-state index < -0.39 is 17.3 Å². The minimum absolute atomic E-state index is 0.0658. The van der Waals surface area contributed by atoms with E-state index in [1.54, 1.807) is 42.5 Å². The highest BCUT2D eigenvalue weighted by atomic mass is 16.4. The van der Waals surface area contributed by atoms with Crippen molar-refractivity contribution >= 4 is 17.3 Å². The second-order valence-corrected chi connectivity index (χ2v) is 6.75. The van der Waals surface area contributed by atoms with Gasteiger partial charge in [-0.15, -0.1) is 0 Å². The lowest BCUT2D eigenvalue weighted by atomic mass is 9.82. The van der Waals surface area contributed by atoms with E-state index >= 15 is 0 Å². The quantitative estimate of drug-likeness (QED) is 0.611. The van der Waals surface area contributed by atoms with Crippen molar-refractivity contribution in [3.8, 4) is 12.1 Å². The van der Waals surface area contributed by atoms with E-state index in [4.69, 9.17) is 0 Å². The molecule has 0 heterocycles. The fourth-order valence-corrected chi connectivity index (χ4v) is 3.82. The number of carbonyl (C=O) groups excluding carboxylic acids is 1. The highest BCUT2D eigenvalue weighted by molar-refractivity contribution is 6.11. The smallest absolute Gasteiger partial charge is 0.314 e. The molecule has 1 saturated carbocycles. The Balaban J connectivity index is 2.15. The zero-order valence-corrected chi connectivity index (χ0v) is 15.3. The van der Waals surface area contributed by atoms with Gasteiger partial charge in [0.05, 0.1) is 0 Å². The standard InChI is InChI=1S/C23H18N2O3/c1-2-15-8-6-7-11-18(15)21(26)19-12-23(19,22(27)28)20(17(13-24)14-25)16-9-4-3-5-10-16/h3-11,19H,2,12H2,1H3,(H,27,28)/t19-,23+/m0/s1. The summed E-state index contributed by atoms with van der Waals surface area (Å²) in [6, 6.07) is 19.3. The van der Waals surface area contributed by atoms with Crippen molar-refractivity contribution in [1.82, 2.24) is 0 Å². The third kappa shape index (κ3) is 2.98. The summed E-state index contributed by atoms with van der Waals surface area (Å²) in [5.74, 6) is -2.27. The lowest BCUT2D eigenvalue weighted by molar-refractivity contribution is -0.141. The number of aliphatic carboxylic acids is 1. The number of hydrogen-bond donors (Lipinski definition) is 1. The number of aryl methyl sites for hydroxylation is 1. The number of benzene rings is 2. The Morgan fingerprint density at radius 3 is 2.25 bits per heavy atom. The minimum atomic E-state index is -1.57. The van der Waals surface area contributed by atoms with Gasteiger partial charge in [0, 0.05) is 17.1 Å². The molecule has 0 aliphatic heterocycles. The Morgan fingerprint density at radius 1 is 1.07 bits per heavy atom. The third-order valence-electron chi connectivity index (χ3n) is 5.30. The van der Waals surface area contributed by atoms with Crippen LogP contribution in [-0.2, 0) is 11.2 Å². The van der Waals surface area contributed by atoms with Crippen molar-refractivity contribution in [3.05, 3.63) is 76.9 Å².